The van der Waals surface area contributed by atoms with Crippen LogP contribution in [0.5, 0.6) is 11.5 Å². The molecule has 1 aliphatic carbocycles. The lowest BCUT2D eigenvalue weighted by molar-refractivity contribution is -0.386. The number of nitro groups is 1. The molecule has 10 nitrogen and oxygen atoms in total. The number of carbonyl (C=O) groups excluding carboxylic acids is 1. The highest BCUT2D eigenvalue weighted by atomic mass is 16.6. The van der Waals surface area contributed by atoms with Crippen molar-refractivity contribution < 1.29 is 30.1 Å². The van der Waals surface area contributed by atoms with Gasteiger partial charge in [-0.1, -0.05) is 11.8 Å². The first-order valence-corrected chi connectivity index (χ1v) is 7.61. The zero-order chi connectivity index (χ0) is 20.4. The third-order valence-electron chi connectivity index (χ3n) is 3.81. The van der Waals surface area contributed by atoms with Gasteiger partial charge in [-0.05, 0) is 18.9 Å². The van der Waals surface area contributed by atoms with E-state index in [1.165, 1.54) is 13.1 Å². The van der Waals surface area contributed by atoms with Crippen LogP contribution >= 0.6 is 0 Å². The number of phenolic OH excluding ortho intramolecular Hbond substituents is 2. The van der Waals surface area contributed by atoms with E-state index in [0.717, 1.165) is 17.0 Å². The number of nitriles is 1. The second-order valence-corrected chi connectivity index (χ2v) is 5.95. The zero-order valence-electron chi connectivity index (χ0n) is 14.1. The molecule has 10 heteroatoms. The number of carbonyl (C=O) groups is 1. The largest absolute Gasteiger partial charge is 0.506 e. The first-order chi connectivity index (χ1) is 12.6. The summed E-state index contributed by atoms with van der Waals surface area (Å²) in [4.78, 5) is 23.3. The van der Waals surface area contributed by atoms with Gasteiger partial charge in [0.1, 0.15) is 17.4 Å². The number of rotatable bonds is 4. The SMILES string of the molecule is CN(CC#CC1(O)CC1)C(=O)/C(C#N)=C(\O)c1cc(O)c(O)c([N+](=O)[O-])c1. The van der Waals surface area contributed by atoms with Gasteiger partial charge in [-0.25, -0.2) is 0 Å². The maximum atomic E-state index is 12.3. The summed E-state index contributed by atoms with van der Waals surface area (Å²) in [6.45, 7) is -0.124. The number of hydrogen-bond donors (Lipinski definition) is 4. The topological polar surface area (TPSA) is 168 Å². The van der Waals surface area contributed by atoms with Crippen molar-refractivity contribution in [2.75, 3.05) is 13.6 Å². The lowest BCUT2D eigenvalue weighted by atomic mass is 10.1. The van der Waals surface area contributed by atoms with Gasteiger partial charge < -0.3 is 25.3 Å². The van der Waals surface area contributed by atoms with E-state index in [1.807, 2.05) is 0 Å². The second-order valence-electron chi connectivity index (χ2n) is 5.95. The third kappa shape index (κ3) is 4.26. The van der Waals surface area contributed by atoms with E-state index in [-0.39, 0.29) is 6.54 Å². The highest BCUT2D eigenvalue weighted by molar-refractivity contribution is 6.03. The second kappa shape index (κ2) is 7.23. The summed E-state index contributed by atoms with van der Waals surface area (Å²) in [6.07, 6.45) is 1.09. The van der Waals surface area contributed by atoms with E-state index < -0.39 is 50.5 Å². The van der Waals surface area contributed by atoms with Crippen LogP contribution in [0, 0.1) is 33.3 Å². The summed E-state index contributed by atoms with van der Waals surface area (Å²) in [7, 11) is 1.31. The molecule has 1 aromatic carbocycles. The van der Waals surface area contributed by atoms with Gasteiger partial charge in [-0.15, -0.1) is 0 Å². The van der Waals surface area contributed by atoms with Gasteiger partial charge in [0.05, 0.1) is 11.5 Å². The van der Waals surface area contributed by atoms with Crippen LogP contribution in [-0.2, 0) is 4.79 Å². The summed E-state index contributed by atoms with van der Waals surface area (Å²) in [5.41, 5.74) is -3.06. The van der Waals surface area contributed by atoms with Crippen LogP contribution in [0.4, 0.5) is 5.69 Å². The number of aromatic hydroxyl groups is 2. The molecule has 1 aliphatic rings. The molecule has 0 bridgehead atoms. The molecule has 2 rings (SSSR count). The molecule has 1 aromatic rings. The lowest BCUT2D eigenvalue weighted by Crippen LogP contribution is -2.29. The molecule has 0 atom stereocenters. The number of aliphatic hydroxyl groups excluding tert-OH is 1. The van der Waals surface area contributed by atoms with Crippen molar-refractivity contribution in [3.63, 3.8) is 0 Å². The highest BCUT2D eigenvalue weighted by Gasteiger charge is 2.38. The van der Waals surface area contributed by atoms with Gasteiger partial charge >= 0.3 is 5.69 Å². The molecule has 0 aromatic heterocycles. The minimum atomic E-state index is -1.03. The standard InChI is InChI=1S/C17H15N3O7/c1-19(6-2-3-17(25)4-5-17)16(24)11(9-18)14(22)10-7-12(20(26)27)15(23)13(21)8-10/h7-8,21-23,25H,4-6H2,1H3/b14-11-. The number of nitro benzene ring substituents is 1. The summed E-state index contributed by atoms with van der Waals surface area (Å²) in [5.74, 6) is 1.46. The predicted octanol–water partition coefficient (Wildman–Crippen LogP) is 0.785. The van der Waals surface area contributed by atoms with Crippen LogP contribution in [0.15, 0.2) is 17.7 Å². The number of hydrogen-bond acceptors (Lipinski definition) is 8. The van der Waals surface area contributed by atoms with Crippen molar-refractivity contribution in [3.8, 4) is 29.4 Å². The van der Waals surface area contributed by atoms with E-state index in [1.54, 1.807) is 0 Å². The molecule has 0 saturated heterocycles. The summed E-state index contributed by atoms with van der Waals surface area (Å²) < 4.78 is 0. The van der Waals surface area contributed by atoms with Crippen molar-refractivity contribution in [3.05, 3.63) is 33.4 Å². The van der Waals surface area contributed by atoms with E-state index in [0.29, 0.717) is 12.8 Å². The Morgan fingerprint density at radius 2 is 2.04 bits per heavy atom. The Bertz CT molecular complexity index is 946. The van der Waals surface area contributed by atoms with Crippen LogP contribution < -0.4 is 0 Å². The number of phenols is 2. The van der Waals surface area contributed by atoms with E-state index in [4.69, 9.17) is 0 Å². The molecule has 1 amide bonds. The van der Waals surface area contributed by atoms with Gasteiger partial charge in [-0.3, -0.25) is 14.9 Å². The maximum absolute atomic E-state index is 12.3. The fourth-order valence-electron chi connectivity index (χ4n) is 2.06. The fraction of sp³-hybridized carbons (Fsp3) is 0.294. The first kappa shape index (κ1) is 19.6. The van der Waals surface area contributed by atoms with E-state index in [9.17, 15) is 40.6 Å². The van der Waals surface area contributed by atoms with Gasteiger partial charge in [0.25, 0.3) is 5.91 Å². The maximum Gasteiger partial charge on any atom is 0.315 e. The van der Waals surface area contributed by atoms with Crippen LogP contribution in [0.2, 0.25) is 0 Å². The Morgan fingerprint density at radius 3 is 2.56 bits per heavy atom. The van der Waals surface area contributed by atoms with Crippen molar-refractivity contribution in [1.29, 1.82) is 5.26 Å². The molecular formula is C17H15N3O7. The van der Waals surface area contributed by atoms with Crippen LogP contribution in [-0.4, -0.2) is 55.3 Å². The lowest BCUT2D eigenvalue weighted by Gasteiger charge is -2.14. The number of nitrogens with zero attached hydrogens (tertiary/aromatic N) is 3. The minimum absolute atomic E-state index is 0.124. The third-order valence-corrected chi connectivity index (χ3v) is 3.81. The first-order valence-electron chi connectivity index (χ1n) is 7.61. The average molecular weight is 373 g/mol. The molecule has 0 unspecified atom stereocenters. The molecular weight excluding hydrogens is 358 g/mol. The van der Waals surface area contributed by atoms with E-state index >= 15 is 0 Å². The van der Waals surface area contributed by atoms with Crippen molar-refractivity contribution in [2.24, 2.45) is 0 Å². The smallest absolute Gasteiger partial charge is 0.315 e. The highest BCUT2D eigenvalue weighted by Crippen LogP contribution is 2.38. The molecule has 27 heavy (non-hydrogen) atoms. The molecule has 140 valence electrons. The fourth-order valence-corrected chi connectivity index (χ4v) is 2.06. The Hall–Kier alpha value is -3.76. The normalized spacial score (nSPS) is 14.9. The molecule has 4 N–H and O–H groups in total. The van der Waals surface area contributed by atoms with Crippen molar-refractivity contribution >= 4 is 17.4 Å². The monoisotopic (exact) mass is 373 g/mol. The van der Waals surface area contributed by atoms with Crippen LogP contribution in [0.3, 0.4) is 0 Å². The molecule has 0 aliphatic heterocycles. The van der Waals surface area contributed by atoms with Gasteiger partial charge in [-0.2, -0.15) is 5.26 Å². The quantitative estimate of drug-likeness (QED) is 0.114. The molecule has 1 fully saturated rings. The minimum Gasteiger partial charge on any atom is -0.506 e. The predicted molar refractivity (Wildman–Crippen MR) is 91.2 cm³/mol. The van der Waals surface area contributed by atoms with Crippen LogP contribution in [0.25, 0.3) is 5.76 Å². The summed E-state index contributed by atoms with van der Waals surface area (Å²) in [6, 6.07) is 3.01. The molecule has 0 radical (unpaired) electrons. The molecule has 1 saturated carbocycles. The number of likely N-dealkylation sites (N-methyl/N-ethyl adjacent to an activating group) is 1. The summed E-state index contributed by atoms with van der Waals surface area (Å²) >= 11 is 0. The van der Waals surface area contributed by atoms with Crippen molar-refractivity contribution in [2.45, 2.75) is 18.4 Å². The number of benzene rings is 1. The number of amides is 1. The Labute approximate surface area is 153 Å². The van der Waals surface area contributed by atoms with Gasteiger partial charge in [0, 0.05) is 18.7 Å². The Morgan fingerprint density at radius 1 is 1.41 bits per heavy atom. The Balaban J connectivity index is 2.34. The average Bonchev–Trinajstić information content (AvgIpc) is 3.34. The molecule has 0 spiro atoms. The van der Waals surface area contributed by atoms with E-state index in [2.05, 4.69) is 11.8 Å². The molecule has 0 heterocycles. The number of aliphatic hydroxyl groups is 2. The zero-order valence-corrected chi connectivity index (χ0v) is 14.1. The van der Waals surface area contributed by atoms with Gasteiger partial charge in [0.15, 0.2) is 11.3 Å². The van der Waals surface area contributed by atoms with Crippen molar-refractivity contribution in [1.82, 2.24) is 4.90 Å². The Kier molecular flexibility index (Phi) is 5.24. The van der Waals surface area contributed by atoms with Gasteiger partial charge in [0.2, 0.25) is 5.75 Å². The van der Waals surface area contributed by atoms with Crippen LogP contribution in [0.1, 0.15) is 18.4 Å². The summed E-state index contributed by atoms with van der Waals surface area (Å²) in [5, 5.41) is 59.0.